The Morgan fingerprint density at radius 2 is 1.29 bits per heavy atom. The number of hydrogen-bond acceptors (Lipinski definition) is 6. The lowest BCUT2D eigenvalue weighted by atomic mass is 10.0. The Morgan fingerprint density at radius 1 is 0.750 bits per heavy atom. The average molecular weight is 390 g/mol. The van der Waals surface area contributed by atoms with Crippen LogP contribution < -0.4 is 9.47 Å². The van der Waals surface area contributed by atoms with Gasteiger partial charge in [0.1, 0.15) is 31.0 Å². The van der Waals surface area contributed by atoms with Gasteiger partial charge < -0.3 is 29.2 Å². The van der Waals surface area contributed by atoms with Crippen molar-refractivity contribution in [2.24, 2.45) is 0 Å². The summed E-state index contributed by atoms with van der Waals surface area (Å²) in [6.45, 7) is 2.38. The number of ether oxygens (including phenoxy) is 4. The van der Waals surface area contributed by atoms with Crippen molar-refractivity contribution < 1.29 is 29.2 Å². The van der Waals surface area contributed by atoms with Crippen molar-refractivity contribution in [2.45, 2.75) is 32.0 Å². The Labute approximate surface area is 166 Å². The molecule has 0 aromatic heterocycles. The minimum atomic E-state index is -0.751. The van der Waals surface area contributed by atoms with Gasteiger partial charge in [-0.15, -0.1) is 0 Å². The summed E-state index contributed by atoms with van der Waals surface area (Å²) in [6, 6.07) is 15.8. The van der Waals surface area contributed by atoms with Crippen LogP contribution in [0.1, 0.15) is 24.5 Å². The Hall–Kier alpha value is -2.12. The smallest absolute Gasteiger partial charge is 0.146 e. The van der Waals surface area contributed by atoms with E-state index < -0.39 is 12.2 Å². The van der Waals surface area contributed by atoms with Gasteiger partial charge in [0.15, 0.2) is 0 Å². The highest BCUT2D eigenvalue weighted by molar-refractivity contribution is 5.34. The highest BCUT2D eigenvalue weighted by Gasteiger charge is 2.07. The van der Waals surface area contributed by atoms with Crippen molar-refractivity contribution >= 4 is 0 Å². The van der Waals surface area contributed by atoms with Crippen LogP contribution in [0, 0.1) is 0 Å². The van der Waals surface area contributed by atoms with E-state index in [4.69, 9.17) is 18.9 Å². The minimum absolute atomic E-state index is 0.0359. The van der Waals surface area contributed by atoms with Gasteiger partial charge in [-0.2, -0.15) is 0 Å². The van der Waals surface area contributed by atoms with Crippen LogP contribution in [-0.2, 0) is 15.9 Å². The van der Waals surface area contributed by atoms with Crippen LogP contribution in [0.2, 0.25) is 0 Å². The maximum atomic E-state index is 9.89. The molecule has 0 saturated carbocycles. The Balaban J connectivity index is 1.66. The maximum absolute atomic E-state index is 9.89. The molecule has 154 valence electrons. The third kappa shape index (κ3) is 8.27. The van der Waals surface area contributed by atoms with Crippen LogP contribution >= 0.6 is 0 Å². The zero-order chi connectivity index (χ0) is 20.2. The monoisotopic (exact) mass is 390 g/mol. The molecule has 2 N–H and O–H groups in total. The number of aliphatic hydroxyl groups is 2. The average Bonchev–Trinajstić information content (AvgIpc) is 2.73. The van der Waals surface area contributed by atoms with Crippen molar-refractivity contribution in [2.75, 3.05) is 33.7 Å². The van der Waals surface area contributed by atoms with Gasteiger partial charge in [-0.1, -0.05) is 31.2 Å². The maximum Gasteiger partial charge on any atom is 0.146 e. The molecule has 0 aliphatic heterocycles. The Bertz CT molecular complexity index is 656. The summed E-state index contributed by atoms with van der Waals surface area (Å²) in [7, 11) is 1.66. The quantitative estimate of drug-likeness (QED) is 0.405. The number of hydrogen-bond donors (Lipinski definition) is 2. The fourth-order valence-corrected chi connectivity index (χ4v) is 2.47. The van der Waals surface area contributed by atoms with E-state index in [1.165, 1.54) is 11.1 Å². The van der Waals surface area contributed by atoms with E-state index in [1.54, 1.807) is 7.11 Å². The van der Waals surface area contributed by atoms with Gasteiger partial charge in [-0.3, -0.25) is 0 Å². The first kappa shape index (κ1) is 22.2. The highest BCUT2D eigenvalue weighted by Crippen LogP contribution is 2.17. The van der Waals surface area contributed by atoms with E-state index in [0.717, 1.165) is 12.2 Å². The minimum Gasteiger partial charge on any atom is -0.497 e. The normalized spacial score (nSPS) is 13.1. The Morgan fingerprint density at radius 3 is 1.82 bits per heavy atom. The first-order valence-corrected chi connectivity index (χ1v) is 9.47. The first-order chi connectivity index (χ1) is 13.6. The molecule has 0 aliphatic rings. The van der Waals surface area contributed by atoms with Gasteiger partial charge >= 0.3 is 0 Å². The molecular formula is C22H30O6. The molecule has 28 heavy (non-hydrogen) atoms. The molecule has 0 fully saturated rings. The predicted octanol–water partition coefficient (Wildman–Crippen LogP) is 2.79. The second kappa shape index (κ2) is 12.4. The zero-order valence-electron chi connectivity index (χ0n) is 16.5. The summed E-state index contributed by atoms with van der Waals surface area (Å²) in [5.74, 6) is 1.54. The molecule has 0 amide bonds. The summed E-state index contributed by atoms with van der Waals surface area (Å²) < 4.78 is 21.1. The molecule has 2 aromatic rings. The lowest BCUT2D eigenvalue weighted by Gasteiger charge is -2.14. The molecule has 2 unspecified atom stereocenters. The standard InChI is InChI=1S/C22H30O6/c1-3-19(23)13-26-16-27-14-20(24)15-28-22-10-6-18(7-11-22)12-17-4-8-21(25-2)9-5-17/h4-11,19-20,23-24H,3,12-16H2,1-2H3. The molecule has 2 rings (SSSR count). The van der Waals surface area contributed by atoms with Crippen LogP contribution in [0.3, 0.4) is 0 Å². The second-order valence-electron chi connectivity index (χ2n) is 6.56. The zero-order valence-corrected chi connectivity index (χ0v) is 16.5. The van der Waals surface area contributed by atoms with Gasteiger partial charge in [0, 0.05) is 0 Å². The number of methoxy groups -OCH3 is 1. The van der Waals surface area contributed by atoms with Crippen molar-refractivity contribution in [1.29, 1.82) is 0 Å². The third-order valence-electron chi connectivity index (χ3n) is 4.19. The fourth-order valence-electron chi connectivity index (χ4n) is 2.47. The molecular weight excluding hydrogens is 360 g/mol. The molecule has 2 aromatic carbocycles. The number of rotatable bonds is 13. The lowest BCUT2D eigenvalue weighted by molar-refractivity contribution is -0.101. The molecule has 0 heterocycles. The van der Waals surface area contributed by atoms with E-state index in [9.17, 15) is 10.2 Å². The van der Waals surface area contributed by atoms with Crippen molar-refractivity contribution in [3.8, 4) is 11.5 Å². The third-order valence-corrected chi connectivity index (χ3v) is 4.19. The van der Waals surface area contributed by atoms with Crippen molar-refractivity contribution in [3.05, 3.63) is 59.7 Å². The van der Waals surface area contributed by atoms with Crippen molar-refractivity contribution in [3.63, 3.8) is 0 Å². The summed E-state index contributed by atoms with van der Waals surface area (Å²) in [4.78, 5) is 0. The summed E-state index contributed by atoms with van der Waals surface area (Å²) >= 11 is 0. The molecule has 0 aliphatic carbocycles. The summed E-state index contributed by atoms with van der Waals surface area (Å²) in [6.07, 6.45) is 0.228. The van der Waals surface area contributed by atoms with Gasteiger partial charge in [0.05, 0.1) is 26.4 Å². The predicted molar refractivity (Wildman–Crippen MR) is 107 cm³/mol. The van der Waals surface area contributed by atoms with Gasteiger partial charge in [-0.05, 0) is 48.2 Å². The van der Waals surface area contributed by atoms with Crippen molar-refractivity contribution in [1.82, 2.24) is 0 Å². The van der Waals surface area contributed by atoms with Crippen LogP contribution in [0.25, 0.3) is 0 Å². The van der Waals surface area contributed by atoms with E-state index in [2.05, 4.69) is 0 Å². The second-order valence-corrected chi connectivity index (χ2v) is 6.56. The highest BCUT2D eigenvalue weighted by atomic mass is 16.7. The molecule has 6 nitrogen and oxygen atoms in total. The largest absolute Gasteiger partial charge is 0.497 e. The van der Waals surface area contributed by atoms with E-state index in [-0.39, 0.29) is 26.6 Å². The first-order valence-electron chi connectivity index (χ1n) is 9.47. The molecule has 0 radical (unpaired) electrons. The van der Waals surface area contributed by atoms with Crippen LogP contribution in [-0.4, -0.2) is 56.1 Å². The molecule has 6 heteroatoms. The van der Waals surface area contributed by atoms with Crippen LogP contribution in [0.5, 0.6) is 11.5 Å². The van der Waals surface area contributed by atoms with Crippen LogP contribution in [0.15, 0.2) is 48.5 Å². The Kier molecular flexibility index (Phi) is 9.79. The SMILES string of the molecule is CCC(O)COCOCC(O)COc1ccc(Cc2ccc(OC)cc2)cc1. The molecule has 0 saturated heterocycles. The fraction of sp³-hybridized carbons (Fsp3) is 0.455. The number of aliphatic hydroxyl groups excluding tert-OH is 2. The molecule has 0 bridgehead atoms. The summed E-state index contributed by atoms with van der Waals surface area (Å²) in [5.41, 5.74) is 2.38. The summed E-state index contributed by atoms with van der Waals surface area (Å²) in [5, 5.41) is 19.2. The topological polar surface area (TPSA) is 77.4 Å². The van der Waals surface area contributed by atoms with E-state index in [1.807, 2.05) is 55.5 Å². The van der Waals surface area contributed by atoms with Gasteiger partial charge in [0.2, 0.25) is 0 Å². The van der Waals surface area contributed by atoms with Gasteiger partial charge in [0.25, 0.3) is 0 Å². The van der Waals surface area contributed by atoms with E-state index in [0.29, 0.717) is 12.2 Å². The molecule has 0 spiro atoms. The van der Waals surface area contributed by atoms with Crippen LogP contribution in [0.4, 0.5) is 0 Å². The number of benzene rings is 2. The van der Waals surface area contributed by atoms with Gasteiger partial charge in [-0.25, -0.2) is 0 Å². The lowest BCUT2D eigenvalue weighted by Crippen LogP contribution is -2.24. The molecule has 2 atom stereocenters. The van der Waals surface area contributed by atoms with E-state index >= 15 is 0 Å².